The fourth-order valence-corrected chi connectivity index (χ4v) is 2.35. The molecule has 100 valence electrons. The van der Waals surface area contributed by atoms with Crippen LogP contribution >= 0.6 is 0 Å². The van der Waals surface area contributed by atoms with Gasteiger partial charge < -0.3 is 10.8 Å². The van der Waals surface area contributed by atoms with Gasteiger partial charge in [0.1, 0.15) is 0 Å². The molecule has 1 aromatic carbocycles. The van der Waals surface area contributed by atoms with E-state index >= 15 is 0 Å². The molecule has 0 amide bonds. The van der Waals surface area contributed by atoms with Gasteiger partial charge in [-0.3, -0.25) is 4.90 Å². The van der Waals surface area contributed by atoms with Gasteiger partial charge in [-0.15, -0.1) is 0 Å². The van der Waals surface area contributed by atoms with E-state index in [4.69, 9.17) is 5.73 Å². The molecule has 0 spiro atoms. The molecular weight excluding hydrogens is 224 g/mol. The Morgan fingerprint density at radius 3 is 2.50 bits per heavy atom. The van der Waals surface area contributed by atoms with E-state index in [1.807, 2.05) is 24.3 Å². The smallest absolute Gasteiger partial charge is 0.0917 e. The second-order valence-electron chi connectivity index (χ2n) is 5.19. The van der Waals surface area contributed by atoms with Gasteiger partial charge in [-0.25, -0.2) is 0 Å². The van der Waals surface area contributed by atoms with Crippen LogP contribution in [0, 0.1) is 0 Å². The summed E-state index contributed by atoms with van der Waals surface area (Å²) in [5, 5.41) is 10.3. The molecule has 1 unspecified atom stereocenters. The molecular formula is C15H24N2O. The monoisotopic (exact) mass is 248 g/mol. The third kappa shape index (κ3) is 3.55. The Kier molecular flexibility index (Phi) is 4.75. The lowest BCUT2D eigenvalue weighted by molar-refractivity contribution is 0.108. The fraction of sp³-hybridized carbons (Fsp3) is 0.600. The number of nitrogens with two attached hydrogens (primary N) is 1. The zero-order valence-corrected chi connectivity index (χ0v) is 11.2. The van der Waals surface area contributed by atoms with Crippen LogP contribution in [0.15, 0.2) is 24.3 Å². The van der Waals surface area contributed by atoms with Crippen LogP contribution in [0.1, 0.15) is 43.4 Å². The van der Waals surface area contributed by atoms with Crippen molar-refractivity contribution in [2.75, 3.05) is 13.1 Å². The summed E-state index contributed by atoms with van der Waals surface area (Å²) in [6.07, 6.45) is 3.34. The molecule has 0 aromatic heterocycles. The van der Waals surface area contributed by atoms with Gasteiger partial charge in [-0.05, 0) is 36.9 Å². The minimum atomic E-state index is -0.385. The molecule has 18 heavy (non-hydrogen) atoms. The maximum atomic E-state index is 10.3. The van der Waals surface area contributed by atoms with Gasteiger partial charge in [0.05, 0.1) is 6.10 Å². The van der Waals surface area contributed by atoms with Crippen molar-refractivity contribution in [2.24, 2.45) is 5.73 Å². The lowest BCUT2D eigenvalue weighted by Crippen LogP contribution is -2.31. The zero-order chi connectivity index (χ0) is 13.0. The predicted octanol–water partition coefficient (Wildman–Crippen LogP) is 2.05. The van der Waals surface area contributed by atoms with Gasteiger partial charge in [-0.1, -0.05) is 31.2 Å². The molecule has 0 heterocycles. The van der Waals surface area contributed by atoms with Crippen molar-refractivity contribution < 1.29 is 5.11 Å². The van der Waals surface area contributed by atoms with E-state index in [1.54, 1.807) is 0 Å². The second kappa shape index (κ2) is 6.32. The second-order valence-corrected chi connectivity index (χ2v) is 5.19. The van der Waals surface area contributed by atoms with Gasteiger partial charge in [0.25, 0.3) is 0 Å². The van der Waals surface area contributed by atoms with Crippen molar-refractivity contribution in [1.82, 2.24) is 4.90 Å². The van der Waals surface area contributed by atoms with Gasteiger partial charge in [0.2, 0.25) is 0 Å². The molecule has 0 radical (unpaired) electrons. The predicted molar refractivity (Wildman–Crippen MR) is 74.2 cm³/mol. The Hall–Kier alpha value is -0.900. The van der Waals surface area contributed by atoms with Crippen LogP contribution in [0.2, 0.25) is 0 Å². The summed E-state index contributed by atoms with van der Waals surface area (Å²) in [4.78, 5) is 2.42. The highest BCUT2D eigenvalue weighted by Crippen LogP contribution is 2.28. The standard InChI is InChI=1S/C15H24N2O/c1-2-9-17(14-7-8-14)11-15(18)13-5-3-12(10-16)4-6-13/h3-6,14-15,18H,2,7-11,16H2,1H3. The number of hydrogen-bond acceptors (Lipinski definition) is 3. The highest BCUT2D eigenvalue weighted by atomic mass is 16.3. The van der Waals surface area contributed by atoms with Crippen LogP contribution in [0.4, 0.5) is 0 Å². The van der Waals surface area contributed by atoms with Crippen molar-refractivity contribution in [1.29, 1.82) is 0 Å². The molecule has 3 heteroatoms. The summed E-state index contributed by atoms with van der Waals surface area (Å²) >= 11 is 0. The quantitative estimate of drug-likeness (QED) is 0.776. The summed E-state index contributed by atoms with van der Waals surface area (Å²) in [5.74, 6) is 0. The Morgan fingerprint density at radius 2 is 2.00 bits per heavy atom. The molecule has 0 aliphatic heterocycles. The van der Waals surface area contributed by atoms with Crippen LogP contribution in [-0.2, 0) is 6.54 Å². The van der Waals surface area contributed by atoms with Gasteiger partial charge in [0, 0.05) is 19.1 Å². The van der Waals surface area contributed by atoms with E-state index in [1.165, 1.54) is 12.8 Å². The third-order valence-corrected chi connectivity index (χ3v) is 3.58. The van der Waals surface area contributed by atoms with E-state index in [9.17, 15) is 5.11 Å². The van der Waals surface area contributed by atoms with Crippen molar-refractivity contribution in [3.63, 3.8) is 0 Å². The Morgan fingerprint density at radius 1 is 1.33 bits per heavy atom. The Labute approximate surface area is 110 Å². The Balaban J connectivity index is 1.94. The minimum Gasteiger partial charge on any atom is -0.387 e. The number of benzene rings is 1. The van der Waals surface area contributed by atoms with Crippen molar-refractivity contribution in [3.8, 4) is 0 Å². The first-order valence-electron chi connectivity index (χ1n) is 6.95. The van der Waals surface area contributed by atoms with Gasteiger partial charge >= 0.3 is 0 Å². The summed E-state index contributed by atoms with van der Waals surface area (Å²) in [6.45, 7) is 4.58. The number of hydrogen-bond donors (Lipinski definition) is 2. The third-order valence-electron chi connectivity index (χ3n) is 3.58. The normalized spacial score (nSPS) is 17.1. The lowest BCUT2D eigenvalue weighted by atomic mass is 10.1. The SMILES string of the molecule is CCCN(CC(O)c1ccc(CN)cc1)C1CC1. The highest BCUT2D eigenvalue weighted by Gasteiger charge is 2.29. The Bertz CT molecular complexity index is 359. The largest absolute Gasteiger partial charge is 0.387 e. The van der Waals surface area contributed by atoms with Gasteiger partial charge in [-0.2, -0.15) is 0 Å². The lowest BCUT2D eigenvalue weighted by Gasteiger charge is -2.24. The summed E-state index contributed by atoms with van der Waals surface area (Å²) < 4.78 is 0. The first-order valence-corrected chi connectivity index (χ1v) is 6.95. The van der Waals surface area contributed by atoms with Crippen LogP contribution in [0.3, 0.4) is 0 Å². The maximum Gasteiger partial charge on any atom is 0.0917 e. The van der Waals surface area contributed by atoms with E-state index in [0.29, 0.717) is 12.6 Å². The van der Waals surface area contributed by atoms with Crippen molar-refractivity contribution in [3.05, 3.63) is 35.4 Å². The minimum absolute atomic E-state index is 0.385. The molecule has 0 saturated heterocycles. The molecule has 0 bridgehead atoms. The first-order chi connectivity index (χ1) is 8.74. The molecule has 1 saturated carbocycles. The molecule has 2 rings (SSSR count). The molecule has 3 N–H and O–H groups in total. The molecule has 3 nitrogen and oxygen atoms in total. The van der Waals surface area contributed by atoms with E-state index < -0.39 is 0 Å². The summed E-state index contributed by atoms with van der Waals surface area (Å²) in [7, 11) is 0. The molecule has 1 aliphatic carbocycles. The molecule has 1 aliphatic rings. The maximum absolute atomic E-state index is 10.3. The molecule has 1 aromatic rings. The molecule has 1 atom stereocenters. The number of nitrogens with zero attached hydrogens (tertiary/aromatic N) is 1. The van der Waals surface area contributed by atoms with E-state index in [0.717, 1.165) is 30.6 Å². The number of aliphatic hydroxyl groups excluding tert-OH is 1. The summed E-state index contributed by atoms with van der Waals surface area (Å²) in [5.41, 5.74) is 7.68. The number of rotatable bonds is 7. The van der Waals surface area contributed by atoms with Gasteiger partial charge in [0.15, 0.2) is 0 Å². The topological polar surface area (TPSA) is 49.5 Å². The van der Waals surface area contributed by atoms with E-state index in [-0.39, 0.29) is 6.10 Å². The highest BCUT2D eigenvalue weighted by molar-refractivity contribution is 5.24. The van der Waals surface area contributed by atoms with E-state index in [2.05, 4.69) is 11.8 Å². The number of aliphatic hydroxyl groups is 1. The zero-order valence-electron chi connectivity index (χ0n) is 11.2. The van der Waals surface area contributed by atoms with Crippen LogP contribution in [-0.4, -0.2) is 29.1 Å². The van der Waals surface area contributed by atoms with Crippen LogP contribution in [0.5, 0.6) is 0 Å². The first kappa shape index (κ1) is 13.5. The van der Waals surface area contributed by atoms with Crippen molar-refractivity contribution in [2.45, 2.75) is 44.9 Å². The van der Waals surface area contributed by atoms with Crippen molar-refractivity contribution >= 4 is 0 Å². The molecule has 1 fully saturated rings. The fourth-order valence-electron chi connectivity index (χ4n) is 2.35. The average Bonchev–Trinajstić information content (AvgIpc) is 3.22. The van der Waals surface area contributed by atoms with Crippen LogP contribution in [0.25, 0.3) is 0 Å². The summed E-state index contributed by atoms with van der Waals surface area (Å²) in [6, 6.07) is 8.69. The van der Waals surface area contributed by atoms with Crippen LogP contribution < -0.4 is 5.73 Å². The average molecular weight is 248 g/mol.